The molecule has 0 amide bonds. The Morgan fingerprint density at radius 3 is 1.12 bits per heavy atom. The average molecular weight is 209 g/mol. The Hall–Kier alpha value is 0.229. The van der Waals surface area contributed by atoms with Crippen LogP contribution in [0.25, 0.3) is 0 Å². The van der Waals surface area contributed by atoms with Crippen LogP contribution >= 0.6 is 7.82 Å². The van der Waals surface area contributed by atoms with Crippen LogP contribution in [0.1, 0.15) is 0 Å². The van der Waals surface area contributed by atoms with E-state index < -0.39 is 22.6 Å². The number of hydrogen-bond donors (Lipinski definition) is 3. The summed E-state index contributed by atoms with van der Waals surface area (Å²) in [6.45, 7) is 0. The normalized spacial score (nSPS) is 8.88. The summed E-state index contributed by atoms with van der Waals surface area (Å²) in [5, 5.41) is 0. The first-order valence-corrected chi connectivity index (χ1v) is 4.08. The molecule has 0 aromatic rings. The molecule has 0 unspecified atom stereocenters. The van der Waals surface area contributed by atoms with Crippen molar-refractivity contribution in [2.45, 2.75) is 0 Å². The Kier molecular flexibility index (Phi) is 7.44. The third kappa shape index (κ3) is 3240. The first-order chi connectivity index (χ1) is 3.41. The second-order valence-electron chi connectivity index (χ2n) is 0.581. The molecule has 50 valence electrons. The maximum atomic E-state index is 8.88. The van der Waals surface area contributed by atoms with Crippen molar-refractivity contribution in [3.63, 3.8) is 0 Å². The maximum absolute atomic E-state index is 8.88. The van der Waals surface area contributed by atoms with Gasteiger partial charge in [0.15, 0.2) is 0 Å². The molecule has 0 aliphatic carbocycles. The van der Waals surface area contributed by atoms with Crippen LogP contribution in [-0.2, 0) is 12.2 Å². The second-order valence-corrected chi connectivity index (χ2v) is 1.89. The zero-order valence-corrected chi connectivity index (χ0v) is 6.03. The summed E-state index contributed by atoms with van der Waals surface area (Å²) in [4.78, 5) is 21.6. The van der Waals surface area contributed by atoms with Gasteiger partial charge in [-0.15, -0.1) is 0 Å². The Morgan fingerprint density at radius 1 is 1.12 bits per heavy atom. The summed E-state index contributed by atoms with van der Waals surface area (Å²) in [6, 6.07) is 0. The molecule has 8 heteroatoms. The molecule has 8 heavy (non-hydrogen) atoms. The summed E-state index contributed by atoms with van der Waals surface area (Å²) in [6.07, 6.45) is 0. The molecule has 0 aliphatic rings. The molecule has 0 aliphatic heterocycles. The van der Waals surface area contributed by atoms with E-state index in [-0.39, 0.29) is 0 Å². The van der Waals surface area contributed by atoms with E-state index in [4.69, 9.17) is 26.9 Å². The van der Waals surface area contributed by atoms with Crippen molar-refractivity contribution in [1.29, 1.82) is 0 Å². The van der Waals surface area contributed by atoms with Gasteiger partial charge in [0, 0.05) is 0 Å². The van der Waals surface area contributed by atoms with E-state index in [1.54, 1.807) is 0 Å². The van der Waals surface area contributed by atoms with E-state index >= 15 is 0 Å². The topological polar surface area (TPSA) is 112 Å². The van der Waals surface area contributed by atoms with Crippen molar-refractivity contribution in [3.8, 4) is 0 Å². The van der Waals surface area contributed by atoms with Crippen LogP contribution in [0.2, 0.25) is 0 Å². The standard InChI is InChI=1S/H3O4P.O2Se/c1-5(2,3)4;1-3-2/h(H3,1,2,3,4);. The zero-order valence-electron chi connectivity index (χ0n) is 3.42. The molecule has 0 saturated carbocycles. The summed E-state index contributed by atoms with van der Waals surface area (Å²) in [5.74, 6) is 0. The van der Waals surface area contributed by atoms with Crippen molar-refractivity contribution in [2.75, 3.05) is 0 Å². The predicted octanol–water partition coefficient (Wildman–Crippen LogP) is -1.55. The third-order valence-corrected chi connectivity index (χ3v) is 0. The van der Waals surface area contributed by atoms with Gasteiger partial charge in [-0.2, -0.15) is 0 Å². The Bertz CT molecular complexity index is 106. The molecular weight excluding hydrogens is 206 g/mol. The van der Waals surface area contributed by atoms with Gasteiger partial charge in [0.25, 0.3) is 0 Å². The van der Waals surface area contributed by atoms with Gasteiger partial charge >= 0.3 is 30.3 Å². The molecule has 0 saturated heterocycles. The zero-order chi connectivity index (χ0) is 7.21. The Labute approximate surface area is 50.3 Å². The van der Waals surface area contributed by atoms with Gasteiger partial charge in [0.05, 0.1) is 0 Å². The minimum absolute atomic E-state index is 1.62. The van der Waals surface area contributed by atoms with Crippen LogP contribution in [0, 0.1) is 0 Å². The van der Waals surface area contributed by atoms with E-state index in [1.165, 1.54) is 0 Å². The van der Waals surface area contributed by atoms with E-state index in [1.807, 2.05) is 0 Å². The molecule has 0 atom stereocenters. The number of phosphoric acid groups is 1. The SMILES string of the molecule is O=P(O)(O)O.O=[Se]=O. The fourth-order valence-corrected chi connectivity index (χ4v) is 0. The van der Waals surface area contributed by atoms with E-state index in [2.05, 4.69) is 0 Å². The molecular formula is H3O6PSe. The average Bonchev–Trinajstić information content (AvgIpc) is 1.27. The van der Waals surface area contributed by atoms with Crippen LogP contribution in [0.3, 0.4) is 0 Å². The summed E-state index contributed by atoms with van der Waals surface area (Å²) in [5.41, 5.74) is 0. The fourth-order valence-electron chi connectivity index (χ4n) is 0. The molecule has 0 fully saturated rings. The van der Waals surface area contributed by atoms with Gasteiger partial charge in [-0.3, -0.25) is 0 Å². The molecule has 0 bridgehead atoms. The van der Waals surface area contributed by atoms with Gasteiger partial charge in [0.1, 0.15) is 0 Å². The van der Waals surface area contributed by atoms with Gasteiger partial charge in [-0.05, 0) is 0 Å². The van der Waals surface area contributed by atoms with Gasteiger partial charge in [0.2, 0.25) is 0 Å². The summed E-state index contributed by atoms with van der Waals surface area (Å²) in [7, 11) is -4.64. The van der Waals surface area contributed by atoms with E-state index in [0.717, 1.165) is 0 Å². The van der Waals surface area contributed by atoms with Crippen LogP contribution in [0.4, 0.5) is 0 Å². The van der Waals surface area contributed by atoms with Crippen LogP contribution < -0.4 is 0 Å². The van der Waals surface area contributed by atoms with Crippen molar-refractivity contribution >= 4 is 22.6 Å². The van der Waals surface area contributed by atoms with Gasteiger partial charge < -0.3 is 14.7 Å². The molecule has 3 N–H and O–H groups in total. The van der Waals surface area contributed by atoms with Crippen molar-refractivity contribution in [2.24, 2.45) is 0 Å². The van der Waals surface area contributed by atoms with Crippen LogP contribution in [-0.4, -0.2) is 29.5 Å². The van der Waals surface area contributed by atoms with Crippen LogP contribution in [0.5, 0.6) is 0 Å². The molecule has 0 radical (unpaired) electrons. The van der Waals surface area contributed by atoms with Crippen molar-refractivity contribution in [1.82, 2.24) is 0 Å². The number of rotatable bonds is 0. The first kappa shape index (κ1) is 11.1. The molecule has 0 aromatic heterocycles. The quantitative estimate of drug-likeness (QED) is 0.329. The van der Waals surface area contributed by atoms with Crippen molar-refractivity contribution < 1.29 is 26.9 Å². The van der Waals surface area contributed by atoms with E-state index in [0.29, 0.717) is 0 Å². The third-order valence-electron chi connectivity index (χ3n) is 0. The summed E-state index contributed by atoms with van der Waals surface area (Å²) < 4.78 is 25.8. The summed E-state index contributed by atoms with van der Waals surface area (Å²) >= 11 is -1.62. The Morgan fingerprint density at radius 2 is 1.12 bits per heavy atom. The first-order valence-electron chi connectivity index (χ1n) is 1.12. The second kappa shape index (κ2) is 5.37. The molecule has 0 aromatic carbocycles. The minimum atomic E-state index is -4.64. The molecule has 0 heterocycles. The van der Waals surface area contributed by atoms with Gasteiger partial charge in [-0.1, -0.05) is 0 Å². The van der Waals surface area contributed by atoms with E-state index in [9.17, 15) is 0 Å². The predicted molar refractivity (Wildman–Crippen MR) is 21.4 cm³/mol. The number of hydrogen-bond acceptors (Lipinski definition) is 3. The fraction of sp³-hybridized carbons (Fsp3) is 0. The van der Waals surface area contributed by atoms with Gasteiger partial charge in [-0.25, -0.2) is 4.57 Å². The Balaban J connectivity index is 0. The molecule has 0 rings (SSSR count). The monoisotopic (exact) mass is 210 g/mol. The molecule has 0 spiro atoms. The van der Waals surface area contributed by atoms with Crippen LogP contribution in [0.15, 0.2) is 0 Å². The van der Waals surface area contributed by atoms with Crippen molar-refractivity contribution in [3.05, 3.63) is 0 Å². The molecule has 6 nitrogen and oxygen atoms in total.